The quantitative estimate of drug-likeness (QED) is 0.872. The topological polar surface area (TPSA) is 71.4 Å². The summed E-state index contributed by atoms with van der Waals surface area (Å²) in [6.07, 6.45) is 0.162. The van der Waals surface area contributed by atoms with Crippen molar-refractivity contribution in [2.45, 2.75) is 39.4 Å². The molecule has 1 saturated heterocycles. The van der Waals surface area contributed by atoms with Crippen molar-refractivity contribution in [2.75, 3.05) is 6.54 Å². The predicted molar refractivity (Wildman–Crippen MR) is 98.8 cm³/mol. The number of rotatable bonds is 5. The third-order valence-electron chi connectivity index (χ3n) is 4.77. The Hall–Kier alpha value is -2.96. The molecule has 0 aliphatic carbocycles. The van der Waals surface area contributed by atoms with E-state index in [9.17, 15) is 18.8 Å². The lowest BCUT2D eigenvalue weighted by atomic mass is 10.2. The number of carbonyl (C=O) groups excluding carboxylic acids is 2. The van der Waals surface area contributed by atoms with Crippen LogP contribution in [0.5, 0.6) is 0 Å². The van der Waals surface area contributed by atoms with Gasteiger partial charge >= 0.3 is 0 Å². The number of amides is 2. The molecule has 1 aromatic heterocycles. The zero-order valence-corrected chi connectivity index (χ0v) is 15.4. The molecule has 1 aliphatic rings. The van der Waals surface area contributed by atoms with Crippen molar-refractivity contribution in [1.29, 1.82) is 0 Å². The monoisotopic (exact) mass is 371 g/mol. The van der Waals surface area contributed by atoms with Gasteiger partial charge in [-0.3, -0.25) is 14.4 Å². The zero-order valence-electron chi connectivity index (χ0n) is 15.4. The molecule has 6 nitrogen and oxygen atoms in total. The number of hydrogen-bond acceptors (Lipinski definition) is 3. The van der Waals surface area contributed by atoms with Gasteiger partial charge in [-0.25, -0.2) is 4.39 Å². The molecule has 142 valence electrons. The summed E-state index contributed by atoms with van der Waals surface area (Å²) < 4.78 is 14.8. The van der Waals surface area contributed by atoms with E-state index in [2.05, 4.69) is 5.32 Å². The minimum atomic E-state index is -0.479. The van der Waals surface area contributed by atoms with Gasteiger partial charge in [0, 0.05) is 31.7 Å². The van der Waals surface area contributed by atoms with Crippen molar-refractivity contribution in [2.24, 2.45) is 0 Å². The maximum Gasteiger partial charge on any atom is 0.263 e. The second kappa shape index (κ2) is 7.73. The summed E-state index contributed by atoms with van der Waals surface area (Å²) in [5.41, 5.74) is 1.21. The Bertz CT molecular complexity index is 938. The van der Waals surface area contributed by atoms with Gasteiger partial charge in [0.25, 0.3) is 11.5 Å². The van der Waals surface area contributed by atoms with Gasteiger partial charge in [-0.1, -0.05) is 12.1 Å². The van der Waals surface area contributed by atoms with E-state index in [-0.39, 0.29) is 41.9 Å². The fraction of sp³-hybridized carbons (Fsp3) is 0.350. The molecule has 2 heterocycles. The van der Waals surface area contributed by atoms with Crippen LogP contribution in [0.15, 0.2) is 41.2 Å². The van der Waals surface area contributed by atoms with Gasteiger partial charge in [0.05, 0.1) is 6.04 Å². The molecule has 27 heavy (non-hydrogen) atoms. The fourth-order valence-corrected chi connectivity index (χ4v) is 3.38. The van der Waals surface area contributed by atoms with Crippen LogP contribution in [0.4, 0.5) is 4.39 Å². The third-order valence-corrected chi connectivity index (χ3v) is 4.77. The number of pyridine rings is 1. The maximum absolute atomic E-state index is 13.3. The number of aryl methyl sites for hydroxylation is 1. The molecule has 1 fully saturated rings. The van der Waals surface area contributed by atoms with Crippen LogP contribution >= 0.6 is 0 Å². The Kier molecular flexibility index (Phi) is 5.39. The standard InChI is InChI=1S/C20H22FN3O3/c1-3-24-13(2)7-8-17(20(24)27)19(26)22-16-10-18(25)23(12-16)11-14-5-4-6-15(21)9-14/h4-9,16H,3,10-12H2,1-2H3,(H,22,26)/t16-/m1/s1. The Morgan fingerprint density at radius 3 is 2.74 bits per heavy atom. The molecule has 1 aromatic carbocycles. The summed E-state index contributed by atoms with van der Waals surface area (Å²) in [5, 5.41) is 2.78. The molecular formula is C20H22FN3O3. The van der Waals surface area contributed by atoms with Gasteiger partial charge in [0.15, 0.2) is 0 Å². The van der Waals surface area contributed by atoms with Crippen LogP contribution in [0.2, 0.25) is 0 Å². The molecule has 1 aliphatic heterocycles. The van der Waals surface area contributed by atoms with E-state index in [1.54, 1.807) is 23.1 Å². The van der Waals surface area contributed by atoms with E-state index < -0.39 is 5.91 Å². The lowest BCUT2D eigenvalue weighted by Gasteiger charge is -2.17. The molecule has 0 saturated carbocycles. The number of nitrogens with zero attached hydrogens (tertiary/aromatic N) is 2. The van der Waals surface area contributed by atoms with Crippen molar-refractivity contribution in [3.8, 4) is 0 Å². The molecule has 2 amide bonds. The van der Waals surface area contributed by atoms with Crippen molar-refractivity contribution >= 4 is 11.8 Å². The summed E-state index contributed by atoms with van der Waals surface area (Å²) in [5.74, 6) is -0.942. The minimum Gasteiger partial charge on any atom is -0.347 e. The molecule has 1 N–H and O–H groups in total. The molecule has 1 atom stereocenters. The van der Waals surface area contributed by atoms with E-state index in [0.717, 1.165) is 5.69 Å². The summed E-state index contributed by atoms with van der Waals surface area (Å²) in [7, 11) is 0. The summed E-state index contributed by atoms with van der Waals surface area (Å²) >= 11 is 0. The molecule has 0 bridgehead atoms. The van der Waals surface area contributed by atoms with Gasteiger partial charge < -0.3 is 14.8 Å². The SMILES string of the molecule is CCn1c(C)ccc(C(=O)N[C@@H]2CC(=O)N(Cc3cccc(F)c3)C2)c1=O. The van der Waals surface area contributed by atoms with Crippen LogP contribution in [0.1, 0.15) is 35.0 Å². The van der Waals surface area contributed by atoms with E-state index in [1.807, 2.05) is 13.8 Å². The number of benzene rings is 1. The Morgan fingerprint density at radius 1 is 1.26 bits per heavy atom. The van der Waals surface area contributed by atoms with Gasteiger partial charge in [0.2, 0.25) is 5.91 Å². The second-order valence-electron chi connectivity index (χ2n) is 6.72. The van der Waals surface area contributed by atoms with Gasteiger partial charge in [-0.05, 0) is 43.7 Å². The van der Waals surface area contributed by atoms with Crippen molar-refractivity contribution in [1.82, 2.24) is 14.8 Å². The average Bonchev–Trinajstić information content (AvgIpc) is 2.94. The van der Waals surface area contributed by atoms with Crippen LogP contribution in [-0.4, -0.2) is 33.9 Å². The molecular weight excluding hydrogens is 349 g/mol. The number of halogens is 1. The molecule has 2 aromatic rings. The third kappa shape index (κ3) is 4.07. The highest BCUT2D eigenvalue weighted by Gasteiger charge is 2.31. The molecule has 7 heteroatoms. The number of hydrogen-bond donors (Lipinski definition) is 1. The minimum absolute atomic E-state index is 0.0680. The predicted octanol–water partition coefficient (Wildman–Crippen LogP) is 1.85. The van der Waals surface area contributed by atoms with Crippen LogP contribution in [0.3, 0.4) is 0 Å². The summed E-state index contributed by atoms with van der Waals surface area (Å²) in [6.45, 7) is 4.75. The second-order valence-corrected chi connectivity index (χ2v) is 6.72. The summed E-state index contributed by atoms with van der Waals surface area (Å²) in [4.78, 5) is 38.7. The lowest BCUT2D eigenvalue weighted by molar-refractivity contribution is -0.128. The largest absolute Gasteiger partial charge is 0.347 e. The highest BCUT2D eigenvalue weighted by atomic mass is 19.1. The van der Waals surface area contributed by atoms with Crippen molar-refractivity contribution in [3.63, 3.8) is 0 Å². The van der Waals surface area contributed by atoms with E-state index in [1.165, 1.54) is 22.8 Å². The zero-order chi connectivity index (χ0) is 19.6. The van der Waals surface area contributed by atoms with Gasteiger partial charge in [-0.2, -0.15) is 0 Å². The lowest BCUT2D eigenvalue weighted by Crippen LogP contribution is -2.40. The first-order valence-electron chi connectivity index (χ1n) is 8.92. The van der Waals surface area contributed by atoms with Crippen LogP contribution in [0.25, 0.3) is 0 Å². The van der Waals surface area contributed by atoms with Crippen LogP contribution in [-0.2, 0) is 17.9 Å². The first-order chi connectivity index (χ1) is 12.9. The van der Waals surface area contributed by atoms with Gasteiger partial charge in [0.1, 0.15) is 11.4 Å². The van der Waals surface area contributed by atoms with E-state index in [0.29, 0.717) is 18.7 Å². The molecule has 0 radical (unpaired) electrons. The van der Waals surface area contributed by atoms with Crippen molar-refractivity contribution < 1.29 is 14.0 Å². The van der Waals surface area contributed by atoms with Crippen LogP contribution in [0, 0.1) is 12.7 Å². The number of nitrogens with one attached hydrogen (secondary N) is 1. The van der Waals surface area contributed by atoms with Crippen LogP contribution < -0.4 is 10.9 Å². The van der Waals surface area contributed by atoms with Crippen molar-refractivity contribution in [3.05, 3.63) is 69.4 Å². The number of likely N-dealkylation sites (tertiary alicyclic amines) is 1. The Labute approximate surface area is 156 Å². The first-order valence-corrected chi connectivity index (χ1v) is 8.92. The molecule has 0 spiro atoms. The smallest absolute Gasteiger partial charge is 0.263 e. The van der Waals surface area contributed by atoms with E-state index >= 15 is 0 Å². The molecule has 3 rings (SSSR count). The highest BCUT2D eigenvalue weighted by Crippen LogP contribution is 2.16. The molecule has 0 unspecified atom stereocenters. The highest BCUT2D eigenvalue weighted by molar-refractivity contribution is 5.94. The number of carbonyl (C=O) groups is 2. The first kappa shape index (κ1) is 18.8. The summed E-state index contributed by atoms with van der Waals surface area (Å²) in [6, 6.07) is 8.95. The van der Waals surface area contributed by atoms with E-state index in [4.69, 9.17) is 0 Å². The Balaban J connectivity index is 1.68. The Morgan fingerprint density at radius 2 is 2.04 bits per heavy atom. The number of aromatic nitrogens is 1. The fourth-order valence-electron chi connectivity index (χ4n) is 3.38. The normalized spacial score (nSPS) is 16.6. The average molecular weight is 371 g/mol. The van der Waals surface area contributed by atoms with Gasteiger partial charge in [-0.15, -0.1) is 0 Å². The maximum atomic E-state index is 13.3.